The first kappa shape index (κ1) is 29.2. The Morgan fingerprint density at radius 1 is 0.947 bits per heavy atom. The van der Waals surface area contributed by atoms with Crippen molar-refractivity contribution >= 4 is 39.1 Å². The summed E-state index contributed by atoms with van der Waals surface area (Å²) in [6.07, 6.45) is 0. The van der Waals surface area contributed by atoms with Crippen molar-refractivity contribution < 1.29 is 18.0 Å². The summed E-state index contributed by atoms with van der Waals surface area (Å²) in [7, 11) is -4.09. The Labute approximate surface area is 230 Å². The van der Waals surface area contributed by atoms with Crippen LogP contribution in [0.25, 0.3) is 0 Å². The minimum absolute atomic E-state index is 0.0641. The molecule has 3 rings (SSSR count). The highest BCUT2D eigenvalue weighted by molar-refractivity contribution is 7.92. The zero-order valence-corrected chi connectivity index (χ0v) is 23.9. The highest BCUT2D eigenvalue weighted by Crippen LogP contribution is 2.25. The Bertz CT molecular complexity index is 1390. The number of carbonyl (C=O) groups excluding carboxylic acids is 2. The number of aryl methyl sites for hydroxylation is 1. The summed E-state index contributed by atoms with van der Waals surface area (Å²) in [6, 6.07) is 21.1. The third kappa shape index (κ3) is 7.58. The van der Waals surface area contributed by atoms with E-state index in [9.17, 15) is 18.0 Å². The molecule has 0 bridgehead atoms. The Morgan fingerprint density at radius 2 is 1.61 bits per heavy atom. The van der Waals surface area contributed by atoms with Gasteiger partial charge in [0.15, 0.2) is 0 Å². The Morgan fingerprint density at radius 3 is 2.21 bits per heavy atom. The second kappa shape index (κ2) is 12.0. The predicted molar refractivity (Wildman–Crippen MR) is 152 cm³/mol. The van der Waals surface area contributed by atoms with E-state index >= 15 is 0 Å². The molecule has 0 spiro atoms. The zero-order valence-electron chi connectivity index (χ0n) is 22.3. The Balaban J connectivity index is 2.03. The molecule has 202 valence electrons. The van der Waals surface area contributed by atoms with Crippen molar-refractivity contribution in [2.75, 3.05) is 10.8 Å². The van der Waals surface area contributed by atoms with Crippen LogP contribution in [0.1, 0.15) is 38.8 Å². The fraction of sp³-hybridized carbons (Fsp3) is 0.310. The van der Waals surface area contributed by atoms with E-state index < -0.39 is 34.1 Å². The Kier molecular flexibility index (Phi) is 9.22. The largest absolute Gasteiger partial charge is 0.350 e. The van der Waals surface area contributed by atoms with Gasteiger partial charge >= 0.3 is 0 Å². The standard InChI is InChI=1S/C29H34ClN3O4S/c1-21-11-9-14-25(17-21)33(38(36,37)26-15-7-6-8-16-26)20-27(34)32(19-23-12-10-13-24(30)18-23)22(2)28(35)31-29(3,4)5/h6-18,22H,19-20H2,1-5H3,(H,31,35). The van der Waals surface area contributed by atoms with E-state index in [4.69, 9.17) is 11.6 Å². The molecule has 9 heteroatoms. The number of hydrogen-bond acceptors (Lipinski definition) is 4. The fourth-order valence-corrected chi connectivity index (χ4v) is 5.56. The summed E-state index contributed by atoms with van der Waals surface area (Å²) in [5, 5.41) is 3.40. The van der Waals surface area contributed by atoms with Crippen molar-refractivity contribution in [3.05, 3.63) is 95.0 Å². The van der Waals surface area contributed by atoms with E-state index in [-0.39, 0.29) is 17.3 Å². The van der Waals surface area contributed by atoms with Crippen molar-refractivity contribution in [3.8, 4) is 0 Å². The number of hydrogen-bond donors (Lipinski definition) is 1. The lowest BCUT2D eigenvalue weighted by Gasteiger charge is -2.33. The number of benzene rings is 3. The molecule has 0 aromatic heterocycles. The topological polar surface area (TPSA) is 86.8 Å². The molecule has 2 amide bonds. The maximum absolute atomic E-state index is 13.9. The molecule has 7 nitrogen and oxygen atoms in total. The van der Waals surface area contributed by atoms with Crippen LogP contribution in [0.4, 0.5) is 5.69 Å². The average molecular weight is 556 g/mol. The molecule has 0 aliphatic heterocycles. The number of carbonyl (C=O) groups is 2. The summed E-state index contributed by atoms with van der Waals surface area (Å²) < 4.78 is 28.6. The van der Waals surface area contributed by atoms with Gasteiger partial charge in [0, 0.05) is 17.1 Å². The summed E-state index contributed by atoms with van der Waals surface area (Å²) in [6.45, 7) is 8.63. The van der Waals surface area contributed by atoms with Crippen LogP contribution in [0.5, 0.6) is 0 Å². The molecule has 0 aliphatic carbocycles. The number of halogens is 1. The molecule has 0 heterocycles. The van der Waals surface area contributed by atoms with Crippen molar-refractivity contribution in [1.82, 2.24) is 10.2 Å². The van der Waals surface area contributed by atoms with Gasteiger partial charge in [-0.05, 0) is 82.1 Å². The van der Waals surface area contributed by atoms with Gasteiger partial charge in [-0.25, -0.2) is 8.42 Å². The van der Waals surface area contributed by atoms with Gasteiger partial charge in [-0.3, -0.25) is 13.9 Å². The monoisotopic (exact) mass is 555 g/mol. The maximum atomic E-state index is 13.9. The lowest BCUT2D eigenvalue weighted by molar-refractivity contribution is -0.140. The molecular formula is C29H34ClN3O4S. The van der Waals surface area contributed by atoms with Gasteiger partial charge < -0.3 is 10.2 Å². The van der Waals surface area contributed by atoms with Gasteiger partial charge in [-0.2, -0.15) is 0 Å². The number of sulfonamides is 1. The van der Waals surface area contributed by atoms with Crippen molar-refractivity contribution in [2.45, 2.75) is 57.6 Å². The first-order valence-corrected chi connectivity index (χ1v) is 14.1. The van der Waals surface area contributed by atoms with Crippen LogP contribution in [0, 0.1) is 6.92 Å². The van der Waals surface area contributed by atoms with Gasteiger partial charge in [0.25, 0.3) is 10.0 Å². The minimum Gasteiger partial charge on any atom is -0.350 e. The lowest BCUT2D eigenvalue weighted by atomic mass is 10.1. The van der Waals surface area contributed by atoms with Gasteiger partial charge in [0.2, 0.25) is 11.8 Å². The van der Waals surface area contributed by atoms with Crippen LogP contribution in [0.2, 0.25) is 5.02 Å². The number of amides is 2. The van der Waals surface area contributed by atoms with Crippen LogP contribution >= 0.6 is 11.6 Å². The molecule has 3 aromatic carbocycles. The molecule has 0 saturated heterocycles. The van der Waals surface area contributed by atoms with E-state index in [0.29, 0.717) is 16.3 Å². The minimum atomic E-state index is -4.09. The highest BCUT2D eigenvalue weighted by atomic mass is 35.5. The molecule has 0 aliphatic rings. The second-order valence-corrected chi connectivity index (χ2v) is 12.5. The van der Waals surface area contributed by atoms with Crippen molar-refractivity contribution in [1.29, 1.82) is 0 Å². The first-order valence-electron chi connectivity index (χ1n) is 12.3. The number of nitrogens with zero attached hydrogens (tertiary/aromatic N) is 2. The highest BCUT2D eigenvalue weighted by Gasteiger charge is 2.33. The van der Waals surface area contributed by atoms with E-state index in [1.54, 1.807) is 67.6 Å². The van der Waals surface area contributed by atoms with Crippen LogP contribution < -0.4 is 9.62 Å². The third-order valence-electron chi connectivity index (χ3n) is 5.81. The van der Waals surface area contributed by atoms with Crippen LogP contribution in [0.3, 0.4) is 0 Å². The summed E-state index contributed by atoms with van der Waals surface area (Å²) >= 11 is 6.17. The van der Waals surface area contributed by atoms with E-state index in [1.165, 1.54) is 17.0 Å². The second-order valence-electron chi connectivity index (χ2n) is 10.2. The molecule has 38 heavy (non-hydrogen) atoms. The van der Waals surface area contributed by atoms with Gasteiger partial charge in [-0.15, -0.1) is 0 Å². The van der Waals surface area contributed by atoms with Crippen molar-refractivity contribution in [2.24, 2.45) is 0 Å². The predicted octanol–water partition coefficient (Wildman–Crippen LogP) is 5.18. The fourth-order valence-electron chi connectivity index (χ4n) is 3.92. The molecule has 0 fully saturated rings. The number of rotatable bonds is 9. The number of nitrogens with one attached hydrogen (secondary N) is 1. The smallest absolute Gasteiger partial charge is 0.264 e. The third-order valence-corrected chi connectivity index (χ3v) is 7.83. The first-order chi connectivity index (χ1) is 17.8. The van der Waals surface area contributed by atoms with Gasteiger partial charge in [-0.1, -0.05) is 54.1 Å². The normalized spacial score (nSPS) is 12.5. The van der Waals surface area contributed by atoms with E-state index in [2.05, 4.69) is 5.32 Å². The molecular weight excluding hydrogens is 522 g/mol. The SMILES string of the molecule is Cc1cccc(N(CC(=O)N(Cc2cccc(Cl)c2)C(C)C(=O)NC(C)(C)C)S(=O)(=O)c2ccccc2)c1. The van der Waals surface area contributed by atoms with Crippen LogP contribution in [-0.2, 0) is 26.2 Å². The van der Waals surface area contributed by atoms with Gasteiger partial charge in [0.05, 0.1) is 10.6 Å². The lowest BCUT2D eigenvalue weighted by Crippen LogP contribution is -2.54. The molecule has 1 unspecified atom stereocenters. The number of anilines is 1. The maximum Gasteiger partial charge on any atom is 0.264 e. The zero-order chi connectivity index (χ0) is 28.1. The average Bonchev–Trinajstić information content (AvgIpc) is 2.84. The van der Waals surface area contributed by atoms with Gasteiger partial charge in [0.1, 0.15) is 12.6 Å². The summed E-state index contributed by atoms with van der Waals surface area (Å²) in [4.78, 5) is 28.5. The molecule has 0 saturated carbocycles. The summed E-state index contributed by atoms with van der Waals surface area (Å²) in [5.74, 6) is -0.872. The molecule has 3 aromatic rings. The van der Waals surface area contributed by atoms with Crippen LogP contribution in [0.15, 0.2) is 83.8 Å². The van der Waals surface area contributed by atoms with E-state index in [1.807, 2.05) is 33.8 Å². The Hall–Kier alpha value is -3.36. The molecule has 1 N–H and O–H groups in total. The summed E-state index contributed by atoms with van der Waals surface area (Å²) in [5.41, 5.74) is 1.41. The molecule has 0 radical (unpaired) electrons. The molecule has 1 atom stereocenters. The van der Waals surface area contributed by atoms with Crippen molar-refractivity contribution in [3.63, 3.8) is 0 Å². The quantitative estimate of drug-likeness (QED) is 0.394. The van der Waals surface area contributed by atoms with E-state index in [0.717, 1.165) is 9.87 Å². The van der Waals surface area contributed by atoms with Crippen LogP contribution in [-0.4, -0.2) is 43.3 Å².